The summed E-state index contributed by atoms with van der Waals surface area (Å²) in [7, 11) is 0. The molecule has 0 aliphatic rings. The first-order valence-corrected chi connectivity index (χ1v) is 7.47. The van der Waals surface area contributed by atoms with Crippen LogP contribution in [-0.4, -0.2) is 38.4 Å². The molecule has 0 bridgehead atoms. The first-order chi connectivity index (χ1) is 9.24. The number of amides is 1. The van der Waals surface area contributed by atoms with Gasteiger partial charge in [0.2, 0.25) is 0 Å². The third kappa shape index (κ3) is 12.0. The maximum Gasteiger partial charge on any atom is 0.407 e. The van der Waals surface area contributed by atoms with Crippen molar-refractivity contribution in [1.29, 1.82) is 0 Å². The Morgan fingerprint density at radius 3 is 2.53 bits per heavy atom. The maximum absolute atomic E-state index is 11.6. The molecule has 0 saturated heterocycles. The van der Waals surface area contributed by atoms with Crippen LogP contribution < -0.4 is 10.6 Å². The van der Waals surface area contributed by atoms with Gasteiger partial charge in [-0.3, -0.25) is 0 Å². The fourth-order valence-corrected chi connectivity index (χ4v) is 1.68. The largest absolute Gasteiger partial charge is 0.445 e. The Morgan fingerprint density at radius 2 is 1.89 bits per heavy atom. The van der Waals surface area contributed by atoms with Crippen molar-refractivity contribution in [2.24, 2.45) is 0 Å². The molecular formula is C14H29N2O3. The molecule has 0 rings (SSSR count). The van der Waals surface area contributed by atoms with Crippen LogP contribution >= 0.6 is 0 Å². The molecule has 0 aromatic carbocycles. The summed E-state index contributed by atoms with van der Waals surface area (Å²) in [6, 6.07) is 0. The number of hydrogen-bond acceptors (Lipinski definition) is 3. The molecule has 1 unspecified atom stereocenters. The van der Waals surface area contributed by atoms with Gasteiger partial charge in [0.25, 0.3) is 0 Å². The van der Waals surface area contributed by atoms with Gasteiger partial charge in [-0.15, -0.1) is 0 Å². The van der Waals surface area contributed by atoms with Crippen molar-refractivity contribution in [3.63, 3.8) is 0 Å². The second-order valence-electron chi connectivity index (χ2n) is 4.71. The average Bonchev–Trinajstić information content (AvgIpc) is 2.39. The summed E-state index contributed by atoms with van der Waals surface area (Å²) in [5, 5.41) is 16.4. The van der Waals surface area contributed by atoms with Crippen LogP contribution in [0.25, 0.3) is 0 Å². The standard InChI is InChI=1S/C14H29N2O3/c1-3-5-10-16-14(18)19-13(8-6-7-11-17)12-15-9-4-2/h13,15H,3-12H2,1-2H3,(H,16,18). The average molecular weight is 273 g/mol. The summed E-state index contributed by atoms with van der Waals surface area (Å²) in [6.45, 7) is 6.35. The number of hydrogen-bond donors (Lipinski definition) is 2. The minimum absolute atomic E-state index is 0.0577. The summed E-state index contributed by atoms with van der Waals surface area (Å²) in [5.41, 5.74) is 0. The summed E-state index contributed by atoms with van der Waals surface area (Å²) >= 11 is 0. The maximum atomic E-state index is 11.6. The van der Waals surface area contributed by atoms with Gasteiger partial charge in [0, 0.05) is 13.1 Å². The van der Waals surface area contributed by atoms with Crippen LogP contribution in [0.4, 0.5) is 4.79 Å². The van der Waals surface area contributed by atoms with Crippen LogP contribution in [-0.2, 0) is 9.84 Å². The van der Waals surface area contributed by atoms with Crippen molar-refractivity contribution in [3.05, 3.63) is 0 Å². The molecule has 19 heavy (non-hydrogen) atoms. The molecule has 0 heterocycles. The summed E-state index contributed by atoms with van der Waals surface area (Å²) in [6.07, 6.45) is 4.78. The molecule has 0 spiro atoms. The van der Waals surface area contributed by atoms with E-state index in [0.29, 0.717) is 19.5 Å². The lowest BCUT2D eigenvalue weighted by atomic mass is 10.1. The third-order valence-electron chi connectivity index (χ3n) is 2.79. The second kappa shape index (κ2) is 13.6. The SMILES string of the molecule is CCCCNC(=O)OC(CCCC[O])CNCCC. The zero-order valence-corrected chi connectivity index (χ0v) is 12.4. The summed E-state index contributed by atoms with van der Waals surface area (Å²) in [5.74, 6) is 0. The predicted molar refractivity (Wildman–Crippen MR) is 75.7 cm³/mol. The van der Waals surface area contributed by atoms with Gasteiger partial charge >= 0.3 is 6.09 Å². The van der Waals surface area contributed by atoms with Crippen molar-refractivity contribution in [2.75, 3.05) is 26.2 Å². The van der Waals surface area contributed by atoms with Crippen molar-refractivity contribution >= 4 is 6.09 Å². The molecule has 1 amide bonds. The number of carbonyl (C=O) groups excluding carboxylic acids is 1. The lowest BCUT2D eigenvalue weighted by molar-refractivity contribution is 0.0881. The normalized spacial score (nSPS) is 12.2. The number of alkyl carbamates (subject to hydrolysis) is 1. The van der Waals surface area contributed by atoms with Crippen LogP contribution in [0.2, 0.25) is 0 Å². The molecule has 0 fully saturated rings. The van der Waals surface area contributed by atoms with Gasteiger partial charge in [0.15, 0.2) is 0 Å². The summed E-state index contributed by atoms with van der Waals surface area (Å²) in [4.78, 5) is 11.6. The molecule has 5 heteroatoms. The van der Waals surface area contributed by atoms with E-state index in [1.165, 1.54) is 0 Å². The van der Waals surface area contributed by atoms with Crippen molar-refractivity contribution in [2.45, 2.75) is 58.5 Å². The second-order valence-corrected chi connectivity index (χ2v) is 4.71. The zero-order valence-electron chi connectivity index (χ0n) is 12.4. The van der Waals surface area contributed by atoms with Crippen molar-refractivity contribution < 1.29 is 14.6 Å². The van der Waals surface area contributed by atoms with Crippen LogP contribution in [0.15, 0.2) is 0 Å². The van der Waals surface area contributed by atoms with Crippen LogP contribution in [0.3, 0.4) is 0 Å². The highest BCUT2D eigenvalue weighted by Crippen LogP contribution is 2.05. The quantitative estimate of drug-likeness (QED) is 0.537. The lowest BCUT2D eigenvalue weighted by Crippen LogP contribution is -2.35. The Labute approximate surface area is 117 Å². The molecule has 5 nitrogen and oxygen atoms in total. The number of rotatable bonds is 12. The monoisotopic (exact) mass is 273 g/mol. The first-order valence-electron chi connectivity index (χ1n) is 7.47. The molecule has 0 aromatic rings. The van der Waals surface area contributed by atoms with Gasteiger partial charge in [-0.05, 0) is 38.6 Å². The molecule has 0 aliphatic carbocycles. The van der Waals surface area contributed by atoms with Gasteiger partial charge in [-0.1, -0.05) is 20.3 Å². The lowest BCUT2D eigenvalue weighted by Gasteiger charge is -2.18. The Balaban J connectivity index is 3.89. The van der Waals surface area contributed by atoms with Crippen LogP contribution in [0.5, 0.6) is 0 Å². The van der Waals surface area contributed by atoms with Gasteiger partial charge < -0.3 is 15.4 Å². The Hall–Kier alpha value is -0.810. The van der Waals surface area contributed by atoms with E-state index in [1.54, 1.807) is 0 Å². The van der Waals surface area contributed by atoms with Gasteiger partial charge in [-0.2, -0.15) is 0 Å². The molecule has 2 N–H and O–H groups in total. The van der Waals surface area contributed by atoms with Crippen molar-refractivity contribution in [1.82, 2.24) is 10.6 Å². The van der Waals surface area contributed by atoms with E-state index in [0.717, 1.165) is 38.6 Å². The highest BCUT2D eigenvalue weighted by Gasteiger charge is 2.13. The minimum atomic E-state index is -0.348. The topological polar surface area (TPSA) is 70.3 Å². The van der Waals surface area contributed by atoms with E-state index in [1.807, 2.05) is 0 Å². The minimum Gasteiger partial charge on any atom is -0.445 e. The number of unbranched alkanes of at least 4 members (excludes halogenated alkanes) is 2. The van der Waals surface area contributed by atoms with Gasteiger partial charge in [-0.25, -0.2) is 9.90 Å². The van der Waals surface area contributed by atoms with E-state index in [-0.39, 0.29) is 18.8 Å². The third-order valence-corrected chi connectivity index (χ3v) is 2.79. The Bertz CT molecular complexity index is 203. The van der Waals surface area contributed by atoms with E-state index < -0.39 is 0 Å². The Kier molecular flexibility index (Phi) is 13.0. The molecular weight excluding hydrogens is 244 g/mol. The molecule has 0 aliphatic heterocycles. The van der Waals surface area contributed by atoms with E-state index >= 15 is 0 Å². The predicted octanol–water partition coefficient (Wildman–Crippen LogP) is 2.48. The zero-order chi connectivity index (χ0) is 14.3. The Morgan fingerprint density at radius 1 is 1.11 bits per heavy atom. The molecule has 1 atom stereocenters. The molecule has 113 valence electrons. The van der Waals surface area contributed by atoms with E-state index in [9.17, 15) is 9.90 Å². The highest BCUT2D eigenvalue weighted by atomic mass is 16.6. The van der Waals surface area contributed by atoms with Crippen molar-refractivity contribution in [3.8, 4) is 0 Å². The number of nitrogens with one attached hydrogen (secondary N) is 2. The fraction of sp³-hybridized carbons (Fsp3) is 0.929. The van der Waals surface area contributed by atoms with Crippen LogP contribution in [0, 0.1) is 0 Å². The highest BCUT2D eigenvalue weighted by molar-refractivity contribution is 5.67. The number of ether oxygens (including phenoxy) is 1. The first kappa shape index (κ1) is 18.2. The molecule has 0 saturated carbocycles. The van der Waals surface area contributed by atoms with E-state index in [2.05, 4.69) is 24.5 Å². The molecule has 1 radical (unpaired) electrons. The smallest absolute Gasteiger partial charge is 0.407 e. The fourth-order valence-electron chi connectivity index (χ4n) is 1.68. The van der Waals surface area contributed by atoms with Gasteiger partial charge in [0.05, 0.1) is 6.61 Å². The van der Waals surface area contributed by atoms with E-state index in [4.69, 9.17) is 4.74 Å². The van der Waals surface area contributed by atoms with Crippen LogP contribution in [0.1, 0.15) is 52.4 Å². The molecule has 0 aromatic heterocycles. The summed E-state index contributed by atoms with van der Waals surface area (Å²) < 4.78 is 5.38. The van der Waals surface area contributed by atoms with Gasteiger partial charge in [0.1, 0.15) is 6.10 Å². The number of carbonyl (C=O) groups is 1.